The van der Waals surface area contributed by atoms with Gasteiger partial charge in [0.1, 0.15) is 12.0 Å². The molecule has 0 saturated heterocycles. The van der Waals surface area contributed by atoms with Crippen molar-refractivity contribution in [3.8, 4) is 0 Å². The van der Waals surface area contributed by atoms with Crippen LogP contribution in [0.2, 0.25) is 0 Å². The van der Waals surface area contributed by atoms with Crippen LogP contribution in [-0.4, -0.2) is 18.5 Å². The zero-order valence-corrected chi connectivity index (χ0v) is 18.3. The molecule has 0 spiro atoms. The van der Waals surface area contributed by atoms with Crippen LogP contribution in [0.4, 0.5) is 17.6 Å². The highest BCUT2D eigenvalue weighted by atomic mass is 32.2. The van der Waals surface area contributed by atoms with Gasteiger partial charge >= 0.3 is 6.18 Å². The number of benzene rings is 2. The molecule has 11 heteroatoms. The van der Waals surface area contributed by atoms with Gasteiger partial charge in [0, 0.05) is 23.8 Å². The molecule has 0 aliphatic heterocycles. The first-order valence-corrected chi connectivity index (χ1v) is 11.8. The van der Waals surface area contributed by atoms with Gasteiger partial charge in [0.25, 0.3) is 0 Å². The number of pyridine rings is 1. The van der Waals surface area contributed by atoms with Crippen LogP contribution in [0.3, 0.4) is 0 Å². The maximum absolute atomic E-state index is 13.3. The minimum atomic E-state index is -5.03. The predicted octanol–water partition coefficient (Wildman–Crippen LogP) is 5.07. The van der Waals surface area contributed by atoms with Crippen molar-refractivity contribution < 1.29 is 31.1 Å². The van der Waals surface area contributed by atoms with Crippen LogP contribution >= 0.6 is 11.3 Å². The molecule has 1 unspecified atom stereocenters. The van der Waals surface area contributed by atoms with Gasteiger partial charge in [-0.05, 0) is 53.4 Å². The highest BCUT2D eigenvalue weighted by Crippen LogP contribution is 2.37. The van der Waals surface area contributed by atoms with Crippen LogP contribution in [0.25, 0.3) is 10.1 Å². The second kappa shape index (κ2) is 8.82. The van der Waals surface area contributed by atoms with E-state index in [1.54, 1.807) is 12.4 Å². The number of sulfone groups is 1. The summed E-state index contributed by atoms with van der Waals surface area (Å²) in [4.78, 5) is 3.33. The Morgan fingerprint density at radius 2 is 1.79 bits per heavy atom. The quantitative estimate of drug-likeness (QED) is 0.221. The van der Waals surface area contributed by atoms with Crippen LogP contribution in [0.15, 0.2) is 76.8 Å². The number of halogens is 4. The summed E-state index contributed by atoms with van der Waals surface area (Å²) in [5, 5.41) is 14.2. The van der Waals surface area contributed by atoms with E-state index in [1.165, 1.54) is 35.6 Å². The first-order valence-electron chi connectivity index (χ1n) is 9.51. The fraction of sp³-hybridized carbons (Fsp3) is 0.136. The molecule has 2 N–H and O–H groups in total. The normalized spacial score (nSPS) is 13.4. The minimum absolute atomic E-state index is 0.163. The molecule has 0 saturated carbocycles. The van der Waals surface area contributed by atoms with E-state index < -0.39 is 38.5 Å². The molecule has 2 aromatic carbocycles. The Kier molecular flexibility index (Phi) is 6.23. The van der Waals surface area contributed by atoms with Crippen LogP contribution in [0.5, 0.6) is 0 Å². The van der Waals surface area contributed by atoms with Gasteiger partial charge in [0.15, 0.2) is 0 Å². The first-order chi connectivity index (χ1) is 15.6. The van der Waals surface area contributed by atoms with Crippen LogP contribution in [-0.2, 0) is 22.6 Å². The van der Waals surface area contributed by atoms with Crippen molar-refractivity contribution in [1.29, 1.82) is 0 Å². The fourth-order valence-corrected chi connectivity index (χ4v) is 5.68. The Morgan fingerprint density at radius 1 is 1.06 bits per heavy atom. The van der Waals surface area contributed by atoms with Crippen molar-refractivity contribution in [2.24, 2.45) is 0 Å². The Hall–Kier alpha value is -2.86. The van der Waals surface area contributed by atoms with E-state index in [0.717, 1.165) is 10.1 Å². The highest BCUT2D eigenvalue weighted by Gasteiger charge is 2.38. The van der Waals surface area contributed by atoms with E-state index in [-0.39, 0.29) is 17.5 Å². The number of rotatable bonds is 6. The van der Waals surface area contributed by atoms with Crippen molar-refractivity contribution in [1.82, 2.24) is 10.3 Å². The molecule has 4 rings (SSSR count). The Bertz CT molecular complexity index is 1370. The summed E-state index contributed by atoms with van der Waals surface area (Å²) in [5.41, 5.74) is -0.958. The lowest BCUT2D eigenvalue weighted by Gasteiger charge is -2.14. The predicted molar refractivity (Wildman–Crippen MR) is 115 cm³/mol. The number of hydrogen-bond acceptors (Lipinski definition) is 6. The summed E-state index contributed by atoms with van der Waals surface area (Å²) in [5.74, 6) is -1.18. The van der Waals surface area contributed by atoms with Gasteiger partial charge in [-0.2, -0.15) is 13.2 Å². The van der Waals surface area contributed by atoms with Gasteiger partial charge in [0.05, 0.1) is 20.1 Å². The number of alkyl halides is 3. The largest absolute Gasteiger partial charge is 0.417 e. The lowest BCUT2D eigenvalue weighted by Crippen LogP contribution is -2.19. The SMILES string of the molecule is O=S(=O)(c1ccc(CNC(O)c2cc3ccncc3s2)cc1)c1ccc(F)cc1C(F)(F)F. The molecule has 2 aromatic heterocycles. The molecule has 0 bridgehead atoms. The van der Waals surface area contributed by atoms with Crippen LogP contribution < -0.4 is 5.32 Å². The van der Waals surface area contributed by atoms with Gasteiger partial charge in [-0.25, -0.2) is 12.8 Å². The maximum atomic E-state index is 13.3. The summed E-state index contributed by atoms with van der Waals surface area (Å²) in [7, 11) is -4.54. The lowest BCUT2D eigenvalue weighted by atomic mass is 10.2. The van der Waals surface area contributed by atoms with E-state index in [1.807, 2.05) is 12.1 Å². The molecular weight excluding hydrogens is 480 g/mol. The van der Waals surface area contributed by atoms with E-state index in [2.05, 4.69) is 10.3 Å². The molecular formula is C22H16F4N2O3S2. The van der Waals surface area contributed by atoms with Gasteiger partial charge in [-0.15, -0.1) is 11.3 Å². The van der Waals surface area contributed by atoms with Crippen molar-refractivity contribution >= 4 is 31.3 Å². The first kappa shape index (κ1) is 23.3. The standard InChI is InChI=1S/C22H16F4N2O3S2/c23-15-3-6-20(17(10-15)22(24,25)26)33(30,31)16-4-1-13(2-5-16)11-28-21(29)18-9-14-7-8-27-12-19(14)32-18/h1-10,12,21,28-29H,11H2. The Labute approximate surface area is 190 Å². The molecule has 0 amide bonds. The molecule has 0 fully saturated rings. The molecule has 4 aromatic rings. The number of fused-ring (bicyclic) bond motifs is 1. The third-order valence-electron chi connectivity index (χ3n) is 4.88. The smallest absolute Gasteiger partial charge is 0.373 e. The summed E-state index contributed by atoms with van der Waals surface area (Å²) < 4.78 is 79.6. The lowest BCUT2D eigenvalue weighted by molar-refractivity contribution is -0.140. The molecule has 33 heavy (non-hydrogen) atoms. The third-order valence-corrected chi connectivity index (χ3v) is 7.85. The monoisotopic (exact) mass is 496 g/mol. The number of aromatic nitrogens is 1. The zero-order valence-electron chi connectivity index (χ0n) is 16.7. The average Bonchev–Trinajstić information content (AvgIpc) is 3.21. The van der Waals surface area contributed by atoms with E-state index >= 15 is 0 Å². The molecule has 5 nitrogen and oxygen atoms in total. The molecule has 0 aliphatic rings. The van der Waals surface area contributed by atoms with Gasteiger partial charge in [-0.3, -0.25) is 10.3 Å². The van der Waals surface area contributed by atoms with Crippen molar-refractivity contribution in [2.45, 2.75) is 28.7 Å². The molecule has 1 atom stereocenters. The molecule has 0 aliphatic carbocycles. The number of thiophene rings is 1. The van der Waals surface area contributed by atoms with E-state index in [0.29, 0.717) is 22.6 Å². The number of nitrogens with zero attached hydrogens (tertiary/aromatic N) is 1. The average molecular weight is 497 g/mol. The van der Waals surface area contributed by atoms with Crippen LogP contribution in [0.1, 0.15) is 22.2 Å². The molecule has 0 radical (unpaired) electrons. The molecule has 2 heterocycles. The minimum Gasteiger partial charge on any atom is -0.373 e. The zero-order chi connectivity index (χ0) is 23.8. The topological polar surface area (TPSA) is 79.3 Å². The number of nitrogens with one attached hydrogen (secondary N) is 1. The van der Waals surface area contributed by atoms with E-state index in [4.69, 9.17) is 0 Å². The van der Waals surface area contributed by atoms with Gasteiger partial charge < -0.3 is 5.11 Å². The number of aliphatic hydroxyl groups is 1. The van der Waals surface area contributed by atoms with Crippen molar-refractivity contribution in [3.05, 3.63) is 88.8 Å². The van der Waals surface area contributed by atoms with Crippen molar-refractivity contribution in [2.75, 3.05) is 0 Å². The Morgan fingerprint density at radius 3 is 2.45 bits per heavy atom. The number of hydrogen-bond donors (Lipinski definition) is 2. The third kappa shape index (κ3) is 4.91. The summed E-state index contributed by atoms with van der Waals surface area (Å²) in [6, 6.07) is 10.3. The second-order valence-electron chi connectivity index (χ2n) is 7.13. The highest BCUT2D eigenvalue weighted by molar-refractivity contribution is 7.91. The Balaban J connectivity index is 1.51. The summed E-state index contributed by atoms with van der Waals surface area (Å²) in [6.07, 6.45) is -2.66. The number of aliphatic hydroxyl groups excluding tert-OH is 1. The van der Waals surface area contributed by atoms with E-state index in [9.17, 15) is 31.1 Å². The van der Waals surface area contributed by atoms with Gasteiger partial charge in [-0.1, -0.05) is 12.1 Å². The van der Waals surface area contributed by atoms with Crippen LogP contribution in [0, 0.1) is 5.82 Å². The van der Waals surface area contributed by atoms with Crippen molar-refractivity contribution in [3.63, 3.8) is 0 Å². The molecule has 172 valence electrons. The van der Waals surface area contributed by atoms with Gasteiger partial charge in [0.2, 0.25) is 9.84 Å². The maximum Gasteiger partial charge on any atom is 0.417 e. The summed E-state index contributed by atoms with van der Waals surface area (Å²) in [6.45, 7) is 0.179. The fourth-order valence-electron chi connectivity index (χ4n) is 3.23. The summed E-state index contributed by atoms with van der Waals surface area (Å²) >= 11 is 1.38. The second-order valence-corrected chi connectivity index (χ2v) is 10.2.